The molecule has 0 radical (unpaired) electrons. The third-order valence-electron chi connectivity index (χ3n) is 5.16. The summed E-state index contributed by atoms with van der Waals surface area (Å²) in [6.07, 6.45) is 0. The number of aryl methyl sites for hydroxylation is 1. The number of fused-ring (bicyclic) bond motifs is 1. The zero-order valence-electron chi connectivity index (χ0n) is 17.9. The second kappa shape index (κ2) is 8.34. The van der Waals surface area contributed by atoms with Gasteiger partial charge in [-0.05, 0) is 31.9 Å². The van der Waals surface area contributed by atoms with Crippen LogP contribution in [0.3, 0.4) is 0 Å². The number of allylic oxidation sites excluding steroid dienone is 1. The molecule has 0 bridgehead atoms. The van der Waals surface area contributed by atoms with Gasteiger partial charge in [-0.15, -0.1) is 0 Å². The third-order valence-corrected chi connectivity index (χ3v) is 6.13. The van der Waals surface area contributed by atoms with E-state index in [4.69, 9.17) is 0 Å². The van der Waals surface area contributed by atoms with Gasteiger partial charge in [0.15, 0.2) is 10.9 Å². The summed E-state index contributed by atoms with van der Waals surface area (Å²) in [7, 11) is 3.77. The first-order chi connectivity index (χ1) is 13.8. The molecule has 0 unspecified atom stereocenters. The number of anilines is 2. The first kappa shape index (κ1) is 21.0. The zero-order chi connectivity index (χ0) is 21.3. The van der Waals surface area contributed by atoms with Crippen LogP contribution in [0.25, 0.3) is 0 Å². The highest BCUT2D eigenvalue weighted by Gasteiger charge is 2.31. The number of nitrogens with zero attached hydrogens (tertiary/aromatic N) is 5. The molecule has 3 rings (SSSR count). The van der Waals surface area contributed by atoms with E-state index in [9.17, 15) is 10.1 Å². The highest BCUT2D eigenvalue weighted by molar-refractivity contribution is 7.99. The van der Waals surface area contributed by atoms with Crippen molar-refractivity contribution in [3.63, 3.8) is 0 Å². The van der Waals surface area contributed by atoms with Crippen molar-refractivity contribution in [1.29, 1.82) is 5.26 Å². The Morgan fingerprint density at radius 2 is 1.76 bits per heavy atom. The van der Waals surface area contributed by atoms with Gasteiger partial charge in [0.05, 0.1) is 22.8 Å². The van der Waals surface area contributed by atoms with E-state index in [-0.39, 0.29) is 17.1 Å². The third kappa shape index (κ3) is 3.90. The average Bonchev–Trinajstić information content (AvgIpc) is 3.10. The van der Waals surface area contributed by atoms with Gasteiger partial charge in [0.25, 0.3) is 0 Å². The predicted molar refractivity (Wildman–Crippen MR) is 118 cm³/mol. The number of benzene rings is 1. The van der Waals surface area contributed by atoms with Crippen molar-refractivity contribution in [3.05, 3.63) is 47.0 Å². The maximum atomic E-state index is 13.0. The number of imidazole rings is 1. The number of nitriles is 1. The van der Waals surface area contributed by atoms with Crippen molar-refractivity contribution in [2.75, 3.05) is 29.6 Å². The smallest absolute Gasteiger partial charge is 0.187 e. The minimum atomic E-state index is -0.187. The zero-order valence-corrected chi connectivity index (χ0v) is 18.7. The van der Waals surface area contributed by atoms with Crippen LogP contribution in [0.5, 0.6) is 0 Å². The molecule has 1 aromatic heterocycles. The molecule has 2 aromatic rings. The lowest BCUT2D eigenvalue weighted by Crippen LogP contribution is -2.26. The highest BCUT2D eigenvalue weighted by atomic mass is 32.2. The molecule has 7 heteroatoms. The molecule has 1 aliphatic heterocycles. The molecule has 0 saturated heterocycles. The maximum absolute atomic E-state index is 13.0. The van der Waals surface area contributed by atoms with Crippen LogP contribution in [0.1, 0.15) is 25.2 Å². The Morgan fingerprint density at radius 1 is 1.17 bits per heavy atom. The summed E-state index contributed by atoms with van der Waals surface area (Å²) in [4.78, 5) is 21.5. The Balaban J connectivity index is 1.85. The van der Waals surface area contributed by atoms with Crippen LogP contribution in [0.4, 0.5) is 11.4 Å². The quantitative estimate of drug-likeness (QED) is 0.406. The number of Topliss-reactive ketones (excluding diaryl/α,β-unsaturated/α-hetero) is 1. The fourth-order valence-electron chi connectivity index (χ4n) is 3.57. The fraction of sp³-hybridized carbons (Fsp3) is 0.409. The SMILES string of the molecule is Cc1nc(SCC(=O)C(C#N)=C2N(C)c3ccccc3N2C)n(CC(C)C)c1C. The molecule has 0 aliphatic carbocycles. The topological polar surface area (TPSA) is 65.2 Å². The molecule has 0 fully saturated rings. The van der Waals surface area contributed by atoms with Crippen molar-refractivity contribution in [2.45, 2.75) is 39.4 Å². The van der Waals surface area contributed by atoms with Gasteiger partial charge in [0.1, 0.15) is 17.5 Å². The molecule has 6 nitrogen and oxygen atoms in total. The van der Waals surface area contributed by atoms with E-state index in [1.807, 2.05) is 55.1 Å². The Morgan fingerprint density at radius 3 is 2.28 bits per heavy atom. The molecular formula is C22H27N5OS. The monoisotopic (exact) mass is 409 g/mol. The number of para-hydroxylation sites is 2. The van der Waals surface area contributed by atoms with Crippen LogP contribution in [0.15, 0.2) is 40.8 Å². The van der Waals surface area contributed by atoms with E-state index in [2.05, 4.69) is 36.4 Å². The van der Waals surface area contributed by atoms with Gasteiger partial charge in [0.2, 0.25) is 0 Å². The van der Waals surface area contributed by atoms with Gasteiger partial charge >= 0.3 is 0 Å². The Labute approximate surface area is 176 Å². The normalized spacial score (nSPS) is 13.1. The van der Waals surface area contributed by atoms with Gasteiger partial charge in [-0.2, -0.15) is 5.26 Å². The molecule has 0 atom stereocenters. The average molecular weight is 410 g/mol. The van der Waals surface area contributed by atoms with Gasteiger partial charge in [-0.3, -0.25) is 4.79 Å². The number of hydrogen-bond donors (Lipinski definition) is 0. The van der Waals surface area contributed by atoms with Crippen molar-refractivity contribution in [1.82, 2.24) is 9.55 Å². The number of carbonyl (C=O) groups is 1. The van der Waals surface area contributed by atoms with Crippen LogP contribution in [-0.4, -0.2) is 35.2 Å². The molecule has 152 valence electrons. The maximum Gasteiger partial charge on any atom is 0.187 e. The number of aromatic nitrogens is 2. The van der Waals surface area contributed by atoms with Gasteiger partial charge in [0, 0.05) is 26.3 Å². The first-order valence-electron chi connectivity index (χ1n) is 9.66. The summed E-state index contributed by atoms with van der Waals surface area (Å²) in [5.41, 5.74) is 4.24. The van der Waals surface area contributed by atoms with Crippen LogP contribution in [0, 0.1) is 31.1 Å². The Kier molecular flexibility index (Phi) is 6.04. The van der Waals surface area contributed by atoms with E-state index < -0.39 is 0 Å². The highest BCUT2D eigenvalue weighted by Crippen LogP contribution is 2.40. The van der Waals surface area contributed by atoms with Gasteiger partial charge in [-0.1, -0.05) is 37.7 Å². The van der Waals surface area contributed by atoms with Crippen molar-refractivity contribution in [3.8, 4) is 6.07 Å². The van der Waals surface area contributed by atoms with Crippen molar-refractivity contribution in [2.24, 2.45) is 5.92 Å². The van der Waals surface area contributed by atoms with E-state index in [0.717, 1.165) is 34.5 Å². The lowest BCUT2D eigenvalue weighted by molar-refractivity contribution is -0.112. The Bertz CT molecular complexity index is 984. The molecule has 2 heterocycles. The van der Waals surface area contributed by atoms with Gasteiger partial charge < -0.3 is 14.4 Å². The molecule has 1 aromatic carbocycles. The first-order valence-corrected chi connectivity index (χ1v) is 10.6. The van der Waals surface area contributed by atoms with Crippen LogP contribution in [0.2, 0.25) is 0 Å². The molecule has 1 aliphatic rings. The lowest BCUT2D eigenvalue weighted by atomic mass is 10.2. The summed E-state index contributed by atoms with van der Waals surface area (Å²) < 4.78 is 2.17. The molecule has 0 spiro atoms. The number of thioether (sulfide) groups is 1. The van der Waals surface area contributed by atoms with Gasteiger partial charge in [-0.25, -0.2) is 4.98 Å². The Hall–Kier alpha value is -2.72. The second-order valence-electron chi connectivity index (χ2n) is 7.70. The second-order valence-corrected chi connectivity index (χ2v) is 8.64. The van der Waals surface area contributed by atoms with E-state index in [0.29, 0.717) is 11.7 Å². The molecule has 0 saturated carbocycles. The molecule has 0 amide bonds. The van der Waals surface area contributed by atoms with E-state index in [1.165, 1.54) is 11.8 Å². The predicted octanol–water partition coefficient (Wildman–Crippen LogP) is 4.14. The van der Waals surface area contributed by atoms with Crippen LogP contribution < -0.4 is 9.80 Å². The van der Waals surface area contributed by atoms with Crippen LogP contribution in [-0.2, 0) is 11.3 Å². The summed E-state index contributed by atoms with van der Waals surface area (Å²) in [6, 6.07) is 10.0. The number of carbonyl (C=O) groups excluding carboxylic acids is 1. The number of ketones is 1. The van der Waals surface area contributed by atoms with Crippen molar-refractivity contribution < 1.29 is 4.79 Å². The lowest BCUT2D eigenvalue weighted by Gasteiger charge is -2.20. The fourth-order valence-corrected chi connectivity index (χ4v) is 4.55. The largest absolute Gasteiger partial charge is 0.328 e. The molecular weight excluding hydrogens is 382 g/mol. The number of hydrogen-bond acceptors (Lipinski definition) is 6. The van der Waals surface area contributed by atoms with E-state index >= 15 is 0 Å². The summed E-state index contributed by atoms with van der Waals surface area (Å²) >= 11 is 1.40. The summed E-state index contributed by atoms with van der Waals surface area (Å²) in [5, 5.41) is 10.6. The van der Waals surface area contributed by atoms with Crippen molar-refractivity contribution >= 4 is 28.9 Å². The molecule has 0 N–H and O–H groups in total. The minimum Gasteiger partial charge on any atom is -0.328 e. The molecule has 29 heavy (non-hydrogen) atoms. The number of rotatable bonds is 6. The standard InChI is InChI=1S/C22H27N5OS/c1-14(2)12-27-16(4)15(3)24-22(27)29-13-20(28)17(11-23)21-25(5)18-9-7-8-10-19(18)26(21)6/h7-10,14H,12-13H2,1-6H3. The minimum absolute atomic E-state index is 0.175. The summed E-state index contributed by atoms with van der Waals surface area (Å²) in [6.45, 7) is 9.22. The van der Waals surface area contributed by atoms with E-state index in [1.54, 1.807) is 0 Å². The van der Waals surface area contributed by atoms with Crippen LogP contribution >= 0.6 is 11.8 Å². The summed E-state index contributed by atoms with van der Waals surface area (Å²) in [5.74, 6) is 1.09.